The molecule has 0 spiro atoms. The SMILES string of the molecule is OC1(CN(CCCn2ccnc2)Cc2ccncc2)CCCNC1. The summed E-state index contributed by atoms with van der Waals surface area (Å²) in [5.74, 6) is 0. The van der Waals surface area contributed by atoms with E-state index in [0.717, 1.165) is 45.4 Å². The minimum Gasteiger partial charge on any atom is -0.387 e. The van der Waals surface area contributed by atoms with E-state index in [0.29, 0.717) is 13.1 Å². The van der Waals surface area contributed by atoms with Gasteiger partial charge in [-0.15, -0.1) is 0 Å². The number of β-amino-alcohol motifs (C(OH)–C–C–N with tert-alkyl or cyclic N) is 1. The van der Waals surface area contributed by atoms with Gasteiger partial charge in [0.05, 0.1) is 11.9 Å². The van der Waals surface area contributed by atoms with Crippen LogP contribution in [0.1, 0.15) is 24.8 Å². The number of aliphatic hydroxyl groups is 1. The number of hydrogen-bond acceptors (Lipinski definition) is 5. The van der Waals surface area contributed by atoms with Crippen molar-refractivity contribution in [2.75, 3.05) is 26.2 Å². The van der Waals surface area contributed by atoms with Crippen LogP contribution in [0.4, 0.5) is 0 Å². The van der Waals surface area contributed by atoms with Crippen LogP contribution < -0.4 is 5.32 Å². The molecule has 130 valence electrons. The quantitative estimate of drug-likeness (QED) is 0.764. The van der Waals surface area contributed by atoms with Crippen LogP contribution in [0.5, 0.6) is 0 Å². The van der Waals surface area contributed by atoms with E-state index in [1.54, 1.807) is 0 Å². The van der Waals surface area contributed by atoms with Crippen LogP contribution >= 0.6 is 0 Å². The first kappa shape index (κ1) is 17.1. The number of piperidine rings is 1. The van der Waals surface area contributed by atoms with Gasteiger partial charge in [0.2, 0.25) is 0 Å². The zero-order chi connectivity index (χ0) is 16.7. The highest BCUT2D eigenvalue weighted by Gasteiger charge is 2.31. The lowest BCUT2D eigenvalue weighted by atomic mass is 9.93. The maximum absolute atomic E-state index is 10.9. The van der Waals surface area contributed by atoms with Gasteiger partial charge in [0.25, 0.3) is 0 Å². The Balaban J connectivity index is 1.58. The Hall–Kier alpha value is -1.76. The fourth-order valence-electron chi connectivity index (χ4n) is 3.36. The molecule has 0 radical (unpaired) electrons. The lowest BCUT2D eigenvalue weighted by Crippen LogP contribution is -2.52. The van der Waals surface area contributed by atoms with Gasteiger partial charge in [-0.25, -0.2) is 4.98 Å². The minimum atomic E-state index is -0.625. The van der Waals surface area contributed by atoms with Crippen LogP contribution in [-0.4, -0.2) is 56.3 Å². The molecule has 0 amide bonds. The van der Waals surface area contributed by atoms with Crippen molar-refractivity contribution in [2.24, 2.45) is 0 Å². The first-order valence-electron chi connectivity index (χ1n) is 8.74. The van der Waals surface area contributed by atoms with Gasteiger partial charge in [0.15, 0.2) is 0 Å². The van der Waals surface area contributed by atoms with Crippen molar-refractivity contribution in [3.63, 3.8) is 0 Å². The Morgan fingerprint density at radius 2 is 2.12 bits per heavy atom. The van der Waals surface area contributed by atoms with Crippen molar-refractivity contribution in [1.82, 2.24) is 24.8 Å². The molecule has 1 aliphatic rings. The number of nitrogens with zero attached hydrogens (tertiary/aromatic N) is 4. The van der Waals surface area contributed by atoms with Crippen molar-refractivity contribution in [3.05, 3.63) is 48.8 Å². The second-order valence-electron chi connectivity index (χ2n) is 6.72. The number of hydrogen-bond donors (Lipinski definition) is 2. The van der Waals surface area contributed by atoms with Crippen molar-refractivity contribution in [3.8, 4) is 0 Å². The molecule has 24 heavy (non-hydrogen) atoms. The first-order chi connectivity index (χ1) is 11.7. The van der Waals surface area contributed by atoms with Crippen molar-refractivity contribution in [2.45, 2.75) is 38.0 Å². The summed E-state index contributed by atoms with van der Waals surface area (Å²) in [6.45, 7) is 5.13. The second kappa shape index (κ2) is 8.37. The molecule has 1 atom stereocenters. The normalized spacial score (nSPS) is 21.2. The fraction of sp³-hybridized carbons (Fsp3) is 0.556. The largest absolute Gasteiger partial charge is 0.387 e. The van der Waals surface area contributed by atoms with Gasteiger partial charge in [-0.3, -0.25) is 9.88 Å². The average Bonchev–Trinajstić information content (AvgIpc) is 3.09. The fourth-order valence-corrected chi connectivity index (χ4v) is 3.36. The third-order valence-corrected chi connectivity index (χ3v) is 4.57. The standard InChI is InChI=1S/C18H27N5O/c24-18(5-1-6-20-14-18)15-23(13-17-3-7-19-8-4-17)11-2-10-22-12-9-21-16-22/h3-4,7-9,12,16,20,24H,1-2,5-6,10-11,13-15H2. The molecule has 2 N–H and O–H groups in total. The summed E-state index contributed by atoms with van der Waals surface area (Å²) in [5.41, 5.74) is 0.611. The molecule has 1 unspecified atom stereocenters. The number of rotatable bonds is 8. The van der Waals surface area contributed by atoms with Crippen molar-refractivity contribution in [1.29, 1.82) is 0 Å². The Morgan fingerprint density at radius 3 is 2.83 bits per heavy atom. The molecule has 0 aliphatic carbocycles. The predicted octanol–water partition coefficient (Wildman–Crippen LogP) is 1.28. The molecule has 1 saturated heterocycles. The molecule has 6 heteroatoms. The van der Waals surface area contributed by atoms with Gasteiger partial charge < -0.3 is 15.0 Å². The van der Waals surface area contributed by atoms with Crippen LogP contribution in [0, 0.1) is 0 Å². The third-order valence-electron chi connectivity index (χ3n) is 4.57. The van der Waals surface area contributed by atoms with E-state index in [2.05, 4.69) is 24.8 Å². The summed E-state index contributed by atoms with van der Waals surface area (Å²) >= 11 is 0. The molecule has 0 aromatic carbocycles. The van der Waals surface area contributed by atoms with Gasteiger partial charge >= 0.3 is 0 Å². The molecule has 2 aromatic heterocycles. The van der Waals surface area contributed by atoms with Crippen LogP contribution in [0.3, 0.4) is 0 Å². The van der Waals surface area contributed by atoms with Gasteiger partial charge in [-0.2, -0.15) is 0 Å². The van der Waals surface area contributed by atoms with Gasteiger partial charge in [0.1, 0.15) is 0 Å². The molecule has 1 fully saturated rings. The molecule has 6 nitrogen and oxygen atoms in total. The molecular formula is C18H27N5O. The molecule has 0 saturated carbocycles. The molecule has 2 aromatic rings. The lowest BCUT2D eigenvalue weighted by Gasteiger charge is -2.37. The van der Waals surface area contributed by atoms with E-state index >= 15 is 0 Å². The maximum Gasteiger partial charge on any atom is 0.0945 e. The first-order valence-corrected chi connectivity index (χ1v) is 8.74. The highest BCUT2D eigenvalue weighted by atomic mass is 16.3. The van der Waals surface area contributed by atoms with E-state index in [1.165, 1.54) is 5.56 Å². The van der Waals surface area contributed by atoms with Crippen LogP contribution in [0.2, 0.25) is 0 Å². The average molecular weight is 329 g/mol. The second-order valence-corrected chi connectivity index (χ2v) is 6.72. The Labute approximate surface area is 143 Å². The Morgan fingerprint density at radius 1 is 1.25 bits per heavy atom. The van der Waals surface area contributed by atoms with Gasteiger partial charge in [-0.05, 0) is 43.5 Å². The summed E-state index contributed by atoms with van der Waals surface area (Å²) in [6.07, 6.45) is 12.3. The van der Waals surface area contributed by atoms with Crippen molar-refractivity contribution < 1.29 is 5.11 Å². The molecule has 3 rings (SSSR count). The van der Waals surface area contributed by atoms with E-state index in [-0.39, 0.29) is 0 Å². The van der Waals surface area contributed by atoms with E-state index < -0.39 is 5.60 Å². The summed E-state index contributed by atoms with van der Waals surface area (Å²) < 4.78 is 2.10. The zero-order valence-electron chi connectivity index (χ0n) is 14.1. The highest BCUT2D eigenvalue weighted by molar-refractivity contribution is 5.09. The Bertz CT molecular complexity index is 581. The van der Waals surface area contributed by atoms with Crippen LogP contribution in [0.25, 0.3) is 0 Å². The van der Waals surface area contributed by atoms with Crippen molar-refractivity contribution >= 4 is 0 Å². The summed E-state index contributed by atoms with van der Waals surface area (Å²) in [7, 11) is 0. The summed E-state index contributed by atoms with van der Waals surface area (Å²) in [6, 6.07) is 4.10. The monoisotopic (exact) mass is 329 g/mol. The minimum absolute atomic E-state index is 0.625. The maximum atomic E-state index is 10.9. The predicted molar refractivity (Wildman–Crippen MR) is 93.4 cm³/mol. The van der Waals surface area contributed by atoms with Crippen LogP contribution in [-0.2, 0) is 13.1 Å². The zero-order valence-corrected chi connectivity index (χ0v) is 14.1. The number of aryl methyl sites for hydroxylation is 1. The molecule has 3 heterocycles. The van der Waals surface area contributed by atoms with Gasteiger partial charge in [0, 0.05) is 57.5 Å². The van der Waals surface area contributed by atoms with E-state index in [1.807, 2.05) is 43.2 Å². The number of imidazole rings is 1. The van der Waals surface area contributed by atoms with E-state index in [9.17, 15) is 5.11 Å². The summed E-state index contributed by atoms with van der Waals surface area (Å²) in [4.78, 5) is 10.5. The Kier molecular flexibility index (Phi) is 5.96. The molecule has 0 bridgehead atoms. The smallest absolute Gasteiger partial charge is 0.0945 e. The van der Waals surface area contributed by atoms with Gasteiger partial charge in [-0.1, -0.05) is 0 Å². The van der Waals surface area contributed by atoms with Crippen LogP contribution in [0.15, 0.2) is 43.2 Å². The number of pyridine rings is 1. The lowest BCUT2D eigenvalue weighted by molar-refractivity contribution is -0.0178. The molecule has 1 aliphatic heterocycles. The highest BCUT2D eigenvalue weighted by Crippen LogP contribution is 2.19. The third kappa shape index (κ3) is 5.12. The topological polar surface area (TPSA) is 66.2 Å². The molecular weight excluding hydrogens is 302 g/mol. The number of aromatic nitrogens is 3. The summed E-state index contributed by atoms with van der Waals surface area (Å²) in [5, 5.41) is 14.2. The number of nitrogens with one attached hydrogen (secondary N) is 1. The van der Waals surface area contributed by atoms with E-state index in [4.69, 9.17) is 0 Å².